The van der Waals surface area contributed by atoms with E-state index in [1.165, 1.54) is 33.4 Å². The fourth-order valence-corrected chi connectivity index (χ4v) is 4.99. The molecule has 0 saturated carbocycles. The summed E-state index contributed by atoms with van der Waals surface area (Å²) < 4.78 is 0. The summed E-state index contributed by atoms with van der Waals surface area (Å²) >= 11 is 0. The maximum atomic E-state index is 3.00. The van der Waals surface area contributed by atoms with Crippen molar-refractivity contribution in [2.75, 3.05) is 0 Å². The normalized spacial score (nSPS) is 10.3. The molecule has 188 valence electrons. The molecule has 37 heavy (non-hydrogen) atoms. The molecule has 0 aliphatic rings. The smallest absolute Gasteiger partial charge is 0.0130 e. The van der Waals surface area contributed by atoms with Crippen molar-refractivity contribution >= 4 is 0 Å². The van der Waals surface area contributed by atoms with Gasteiger partial charge in [0.15, 0.2) is 0 Å². The summed E-state index contributed by atoms with van der Waals surface area (Å²) in [4.78, 5) is 0. The van der Waals surface area contributed by atoms with Crippen molar-refractivity contribution in [2.45, 2.75) is 24.7 Å². The number of benzene rings is 5. The van der Waals surface area contributed by atoms with Crippen molar-refractivity contribution < 1.29 is 21.1 Å². The molecule has 0 heterocycles. The first-order valence-corrected chi connectivity index (χ1v) is 12.6. The average Bonchev–Trinajstić information content (AvgIpc) is 2.98. The van der Waals surface area contributed by atoms with Crippen LogP contribution in [-0.4, -0.2) is 0 Å². The molecule has 0 fully saturated rings. The summed E-state index contributed by atoms with van der Waals surface area (Å²) in [6.07, 6.45) is 1.97. The predicted molar refractivity (Wildman–Crippen MR) is 155 cm³/mol. The molecule has 0 radical (unpaired) electrons. The van der Waals surface area contributed by atoms with Gasteiger partial charge in [-0.3, -0.25) is 0 Å². The quantitative estimate of drug-likeness (QED) is 0.146. The molecule has 0 bridgehead atoms. The Morgan fingerprint density at radius 3 is 0.811 bits per heavy atom. The van der Waals surface area contributed by atoms with Crippen molar-refractivity contribution in [3.05, 3.63) is 192 Å². The maximum absolute atomic E-state index is 3.00. The molecular formula is C36H34Pt. The zero-order chi connectivity index (χ0) is 25.0. The fourth-order valence-electron chi connectivity index (χ4n) is 4.99. The zero-order valence-corrected chi connectivity index (χ0v) is 23.4. The van der Waals surface area contributed by atoms with Crippen molar-refractivity contribution in [2.24, 2.45) is 0 Å². The fraction of sp³-hybridized carbons (Fsp3) is 0.111. The molecule has 0 aliphatic carbocycles. The summed E-state index contributed by atoms with van der Waals surface area (Å²) in [6.45, 7) is 6.00. The van der Waals surface area contributed by atoms with Crippen LogP contribution in [0, 0.1) is 0 Å². The van der Waals surface area contributed by atoms with Gasteiger partial charge in [0.25, 0.3) is 0 Å². The minimum Gasteiger partial charge on any atom is -0.106 e. The molecule has 0 aromatic heterocycles. The number of rotatable bonds is 8. The van der Waals surface area contributed by atoms with Gasteiger partial charge < -0.3 is 0 Å². The molecule has 5 rings (SSSR count). The second kappa shape index (κ2) is 14.9. The van der Waals surface area contributed by atoms with E-state index in [1.807, 2.05) is 0 Å². The SMILES string of the molecule is C=C.[Pt].c1ccc(C(Cc2ccccc2CC(c2ccccc2)c2ccccc2)c2ccccc2)cc1. The molecule has 1 heteroatoms. The van der Waals surface area contributed by atoms with Gasteiger partial charge in [0.2, 0.25) is 0 Å². The molecule has 5 aromatic carbocycles. The Morgan fingerprint density at radius 2 is 0.568 bits per heavy atom. The van der Waals surface area contributed by atoms with Gasteiger partial charge >= 0.3 is 0 Å². The van der Waals surface area contributed by atoms with Gasteiger partial charge in [-0.15, -0.1) is 13.2 Å². The van der Waals surface area contributed by atoms with Crippen LogP contribution in [0.5, 0.6) is 0 Å². The largest absolute Gasteiger partial charge is 0.106 e. The molecule has 0 atom stereocenters. The molecule has 5 aromatic rings. The first-order valence-electron chi connectivity index (χ1n) is 12.6. The van der Waals surface area contributed by atoms with E-state index in [4.69, 9.17) is 0 Å². The van der Waals surface area contributed by atoms with Crippen molar-refractivity contribution in [3.8, 4) is 0 Å². The third-order valence-corrected chi connectivity index (χ3v) is 6.77. The van der Waals surface area contributed by atoms with Crippen LogP contribution >= 0.6 is 0 Å². The summed E-state index contributed by atoms with van der Waals surface area (Å²) in [5.41, 5.74) is 8.32. The molecule has 0 unspecified atom stereocenters. The Labute approximate surface area is 237 Å². The molecule has 0 spiro atoms. The Balaban J connectivity index is 0.00000124. The van der Waals surface area contributed by atoms with Crippen LogP contribution in [0.25, 0.3) is 0 Å². The van der Waals surface area contributed by atoms with Crippen LogP contribution in [0.2, 0.25) is 0 Å². The van der Waals surface area contributed by atoms with E-state index < -0.39 is 0 Å². The van der Waals surface area contributed by atoms with E-state index in [2.05, 4.69) is 159 Å². The first kappa shape index (κ1) is 28.1. The van der Waals surface area contributed by atoms with Gasteiger partial charge in [0, 0.05) is 32.9 Å². The van der Waals surface area contributed by atoms with E-state index in [0.717, 1.165) is 12.8 Å². The van der Waals surface area contributed by atoms with Crippen LogP contribution in [0.1, 0.15) is 45.2 Å². The Bertz CT molecular complexity index is 1120. The number of hydrogen-bond donors (Lipinski definition) is 0. The van der Waals surface area contributed by atoms with Gasteiger partial charge in [-0.2, -0.15) is 0 Å². The first-order chi connectivity index (χ1) is 17.9. The molecular weight excluding hydrogens is 627 g/mol. The molecule has 0 nitrogen and oxygen atoms in total. The minimum atomic E-state index is 0. The molecule has 0 aliphatic heterocycles. The van der Waals surface area contributed by atoms with Gasteiger partial charge in [0.05, 0.1) is 0 Å². The Morgan fingerprint density at radius 1 is 0.351 bits per heavy atom. The van der Waals surface area contributed by atoms with Crippen LogP contribution in [-0.2, 0) is 33.9 Å². The van der Waals surface area contributed by atoms with Crippen LogP contribution in [0.4, 0.5) is 0 Å². The molecule has 0 saturated heterocycles. The van der Waals surface area contributed by atoms with Gasteiger partial charge in [0.1, 0.15) is 0 Å². The van der Waals surface area contributed by atoms with Crippen molar-refractivity contribution in [3.63, 3.8) is 0 Å². The summed E-state index contributed by atoms with van der Waals surface area (Å²) in [6, 6.07) is 52.7. The third kappa shape index (κ3) is 7.51. The van der Waals surface area contributed by atoms with Crippen LogP contribution in [0.3, 0.4) is 0 Å². The number of hydrogen-bond acceptors (Lipinski definition) is 0. The second-order valence-electron chi connectivity index (χ2n) is 8.92. The van der Waals surface area contributed by atoms with Crippen molar-refractivity contribution in [1.29, 1.82) is 0 Å². The van der Waals surface area contributed by atoms with E-state index in [-0.39, 0.29) is 21.1 Å². The predicted octanol–water partition coefficient (Wildman–Crippen LogP) is 9.24. The standard InChI is InChI=1S/C34H30.C2H4.Pt/c1-5-15-27(16-6-1)33(28-17-7-2-8-18-28)25-31-23-13-14-24-32(31)26-34(29-19-9-3-10-20-29)30-21-11-4-12-22-30;1-2;/h1-24,33-34H,25-26H2;1-2H2;. The van der Waals surface area contributed by atoms with E-state index in [1.54, 1.807) is 0 Å². The van der Waals surface area contributed by atoms with Gasteiger partial charge in [-0.25, -0.2) is 0 Å². The topological polar surface area (TPSA) is 0 Å². The Hall–Kier alpha value is -3.47. The maximum Gasteiger partial charge on any atom is 0.0130 e. The molecule has 0 N–H and O–H groups in total. The van der Waals surface area contributed by atoms with E-state index >= 15 is 0 Å². The minimum absolute atomic E-state index is 0. The van der Waals surface area contributed by atoms with E-state index in [9.17, 15) is 0 Å². The van der Waals surface area contributed by atoms with Crippen molar-refractivity contribution in [1.82, 2.24) is 0 Å². The summed E-state index contributed by atoms with van der Waals surface area (Å²) in [5.74, 6) is 0.658. The van der Waals surface area contributed by atoms with Crippen LogP contribution in [0.15, 0.2) is 159 Å². The Kier molecular flexibility index (Phi) is 11.3. The van der Waals surface area contributed by atoms with Gasteiger partial charge in [-0.05, 0) is 46.2 Å². The monoisotopic (exact) mass is 661 g/mol. The average molecular weight is 662 g/mol. The summed E-state index contributed by atoms with van der Waals surface area (Å²) in [5, 5.41) is 0. The second-order valence-corrected chi connectivity index (χ2v) is 8.92. The van der Waals surface area contributed by atoms with Crippen LogP contribution < -0.4 is 0 Å². The van der Waals surface area contributed by atoms with E-state index in [0.29, 0.717) is 11.8 Å². The summed E-state index contributed by atoms with van der Waals surface area (Å²) in [7, 11) is 0. The third-order valence-electron chi connectivity index (χ3n) is 6.77. The zero-order valence-electron chi connectivity index (χ0n) is 21.2. The van der Waals surface area contributed by atoms with Gasteiger partial charge in [-0.1, -0.05) is 146 Å². The molecule has 0 amide bonds.